The lowest BCUT2D eigenvalue weighted by Crippen LogP contribution is -2.37. The van der Waals surface area contributed by atoms with Crippen molar-refractivity contribution in [1.82, 2.24) is 20.4 Å². The van der Waals surface area contributed by atoms with Crippen molar-refractivity contribution in [3.63, 3.8) is 0 Å². The van der Waals surface area contributed by atoms with E-state index < -0.39 is 0 Å². The number of halogens is 1. The van der Waals surface area contributed by atoms with E-state index in [2.05, 4.69) is 20.7 Å². The molecular formula is C14H26IN5O. The Morgan fingerprint density at radius 1 is 1.48 bits per heavy atom. The molecule has 1 aromatic heterocycles. The van der Waals surface area contributed by atoms with E-state index in [1.54, 1.807) is 11.7 Å². The zero-order chi connectivity index (χ0) is 14.2. The highest BCUT2D eigenvalue weighted by Gasteiger charge is 2.20. The first-order valence-corrected chi connectivity index (χ1v) is 7.27. The minimum Gasteiger partial charge on any atom is -0.381 e. The Bertz CT molecular complexity index is 431. The normalized spacial score (nSPS) is 14.7. The molecule has 1 fully saturated rings. The number of nitrogens with one attached hydrogen (secondary N) is 2. The molecule has 1 aliphatic carbocycles. The zero-order valence-electron chi connectivity index (χ0n) is 12.8. The van der Waals surface area contributed by atoms with Gasteiger partial charge in [-0.15, -0.1) is 24.0 Å². The smallest absolute Gasteiger partial charge is 0.191 e. The molecule has 1 heterocycles. The molecule has 1 aliphatic rings. The van der Waals surface area contributed by atoms with Crippen LogP contribution >= 0.6 is 24.0 Å². The fourth-order valence-electron chi connectivity index (χ4n) is 1.89. The van der Waals surface area contributed by atoms with Crippen molar-refractivity contribution in [1.29, 1.82) is 0 Å². The van der Waals surface area contributed by atoms with E-state index in [-0.39, 0.29) is 24.0 Å². The fourth-order valence-corrected chi connectivity index (χ4v) is 1.89. The third-order valence-electron chi connectivity index (χ3n) is 3.25. The van der Waals surface area contributed by atoms with Gasteiger partial charge in [0.15, 0.2) is 5.96 Å². The summed E-state index contributed by atoms with van der Waals surface area (Å²) in [6, 6.07) is 0. The van der Waals surface area contributed by atoms with Gasteiger partial charge in [-0.2, -0.15) is 5.10 Å². The average molecular weight is 407 g/mol. The molecule has 0 spiro atoms. The van der Waals surface area contributed by atoms with Crippen LogP contribution in [0.1, 0.15) is 24.8 Å². The molecule has 0 amide bonds. The summed E-state index contributed by atoms with van der Waals surface area (Å²) in [5.41, 5.74) is 1.14. The van der Waals surface area contributed by atoms with Crippen molar-refractivity contribution < 1.29 is 4.74 Å². The third kappa shape index (κ3) is 7.66. The summed E-state index contributed by atoms with van der Waals surface area (Å²) in [6.07, 6.45) is 7.55. The average Bonchev–Trinajstić information content (AvgIpc) is 3.18. The van der Waals surface area contributed by atoms with Crippen LogP contribution in [0, 0.1) is 5.92 Å². The molecule has 1 saturated carbocycles. The van der Waals surface area contributed by atoms with Gasteiger partial charge in [0.2, 0.25) is 0 Å². The molecule has 2 N–H and O–H groups in total. The Hall–Kier alpha value is -0.830. The molecule has 0 bridgehead atoms. The summed E-state index contributed by atoms with van der Waals surface area (Å²) in [7, 11) is 3.69. The van der Waals surface area contributed by atoms with Gasteiger partial charge in [-0.1, -0.05) is 0 Å². The number of rotatable bonds is 8. The van der Waals surface area contributed by atoms with Gasteiger partial charge in [0.05, 0.1) is 6.20 Å². The van der Waals surface area contributed by atoms with Crippen LogP contribution in [-0.2, 0) is 18.3 Å². The van der Waals surface area contributed by atoms with E-state index in [1.165, 1.54) is 12.8 Å². The van der Waals surface area contributed by atoms with Gasteiger partial charge in [0.25, 0.3) is 0 Å². The summed E-state index contributed by atoms with van der Waals surface area (Å²) < 4.78 is 7.39. The quantitative estimate of drug-likeness (QED) is 0.297. The minimum absolute atomic E-state index is 0. The maximum Gasteiger partial charge on any atom is 0.191 e. The summed E-state index contributed by atoms with van der Waals surface area (Å²) in [5, 5.41) is 10.7. The topological polar surface area (TPSA) is 63.5 Å². The highest BCUT2D eigenvalue weighted by Crippen LogP contribution is 2.28. The minimum atomic E-state index is 0. The van der Waals surface area contributed by atoms with Crippen molar-refractivity contribution in [2.45, 2.75) is 25.8 Å². The SMILES string of the molecule is CN=C(NCCCOCC1CC1)NCc1cnn(C)c1.I. The van der Waals surface area contributed by atoms with E-state index in [4.69, 9.17) is 4.74 Å². The molecule has 120 valence electrons. The predicted molar refractivity (Wildman–Crippen MR) is 95.0 cm³/mol. The summed E-state index contributed by atoms with van der Waals surface area (Å²) in [6.45, 7) is 3.36. The van der Waals surface area contributed by atoms with Gasteiger partial charge in [-0.25, -0.2) is 0 Å². The van der Waals surface area contributed by atoms with Crippen LogP contribution in [0.25, 0.3) is 0 Å². The second-order valence-corrected chi connectivity index (χ2v) is 5.25. The van der Waals surface area contributed by atoms with E-state index in [0.29, 0.717) is 0 Å². The van der Waals surface area contributed by atoms with Crippen LogP contribution in [0.5, 0.6) is 0 Å². The second kappa shape index (κ2) is 9.99. The number of aliphatic imine (C=N–C) groups is 1. The maximum absolute atomic E-state index is 5.59. The number of ether oxygens (including phenoxy) is 1. The van der Waals surface area contributed by atoms with Crippen molar-refractivity contribution >= 4 is 29.9 Å². The van der Waals surface area contributed by atoms with Crippen LogP contribution in [0.4, 0.5) is 0 Å². The molecule has 0 atom stereocenters. The molecular weight excluding hydrogens is 381 g/mol. The molecule has 0 radical (unpaired) electrons. The van der Waals surface area contributed by atoms with Crippen molar-refractivity contribution in [3.8, 4) is 0 Å². The lowest BCUT2D eigenvalue weighted by molar-refractivity contribution is 0.123. The first-order valence-electron chi connectivity index (χ1n) is 7.27. The summed E-state index contributed by atoms with van der Waals surface area (Å²) in [4.78, 5) is 4.19. The third-order valence-corrected chi connectivity index (χ3v) is 3.25. The molecule has 0 aliphatic heterocycles. The lowest BCUT2D eigenvalue weighted by atomic mass is 10.3. The lowest BCUT2D eigenvalue weighted by Gasteiger charge is -2.11. The van der Waals surface area contributed by atoms with Gasteiger partial charge in [-0.3, -0.25) is 9.67 Å². The van der Waals surface area contributed by atoms with Crippen LogP contribution < -0.4 is 10.6 Å². The van der Waals surface area contributed by atoms with Crippen molar-refractivity contribution in [2.75, 3.05) is 26.8 Å². The zero-order valence-corrected chi connectivity index (χ0v) is 15.2. The standard InChI is InChI=1S/C14H25N5O.HI/c1-15-14(17-8-13-9-18-19(2)10-13)16-6-3-7-20-11-12-4-5-12;/h9-10,12H,3-8,11H2,1-2H3,(H2,15,16,17);1H. The first-order chi connectivity index (χ1) is 9.78. The summed E-state index contributed by atoms with van der Waals surface area (Å²) >= 11 is 0. The Morgan fingerprint density at radius 2 is 2.29 bits per heavy atom. The molecule has 6 nitrogen and oxygen atoms in total. The fraction of sp³-hybridized carbons (Fsp3) is 0.714. The van der Waals surface area contributed by atoms with E-state index in [1.807, 2.05) is 19.4 Å². The van der Waals surface area contributed by atoms with Crippen molar-refractivity contribution in [2.24, 2.45) is 18.0 Å². The number of guanidine groups is 1. The molecule has 2 rings (SSSR count). The largest absolute Gasteiger partial charge is 0.381 e. The molecule has 0 saturated heterocycles. The summed E-state index contributed by atoms with van der Waals surface area (Å²) in [5.74, 6) is 1.66. The predicted octanol–water partition coefficient (Wildman–Crippen LogP) is 1.52. The molecule has 1 aromatic rings. The molecule has 21 heavy (non-hydrogen) atoms. The van der Waals surface area contributed by atoms with Crippen molar-refractivity contribution in [3.05, 3.63) is 18.0 Å². The molecule has 7 heteroatoms. The van der Waals surface area contributed by atoms with Gasteiger partial charge in [0.1, 0.15) is 0 Å². The highest BCUT2D eigenvalue weighted by molar-refractivity contribution is 14.0. The van der Waals surface area contributed by atoms with Crippen LogP contribution in [-0.4, -0.2) is 42.5 Å². The van der Waals surface area contributed by atoms with Gasteiger partial charge < -0.3 is 15.4 Å². The number of aryl methyl sites for hydroxylation is 1. The Balaban J connectivity index is 0.00000220. The molecule has 0 aromatic carbocycles. The van der Waals surface area contributed by atoms with Gasteiger partial charge >= 0.3 is 0 Å². The van der Waals surface area contributed by atoms with E-state index in [9.17, 15) is 0 Å². The van der Waals surface area contributed by atoms with E-state index >= 15 is 0 Å². The number of nitrogens with zero attached hydrogens (tertiary/aromatic N) is 3. The Labute approximate surface area is 143 Å². The van der Waals surface area contributed by atoms with E-state index in [0.717, 1.165) is 50.2 Å². The highest BCUT2D eigenvalue weighted by atomic mass is 127. The number of hydrogen-bond donors (Lipinski definition) is 2. The van der Waals surface area contributed by atoms with Crippen LogP contribution in [0.15, 0.2) is 17.4 Å². The van der Waals surface area contributed by atoms with Gasteiger partial charge in [0, 0.05) is 52.2 Å². The molecule has 0 unspecified atom stereocenters. The number of aromatic nitrogens is 2. The second-order valence-electron chi connectivity index (χ2n) is 5.25. The maximum atomic E-state index is 5.59. The van der Waals surface area contributed by atoms with Crippen LogP contribution in [0.2, 0.25) is 0 Å². The van der Waals surface area contributed by atoms with Gasteiger partial charge in [-0.05, 0) is 25.2 Å². The Morgan fingerprint density at radius 3 is 2.90 bits per heavy atom. The number of hydrogen-bond acceptors (Lipinski definition) is 3. The van der Waals surface area contributed by atoms with Crippen LogP contribution in [0.3, 0.4) is 0 Å². The first kappa shape index (κ1) is 18.2. The monoisotopic (exact) mass is 407 g/mol. The Kier molecular flexibility index (Phi) is 8.67.